The van der Waals surface area contributed by atoms with E-state index in [1.165, 1.54) is 12.2 Å². The van der Waals surface area contributed by atoms with Crippen LogP contribution in [0, 0.1) is 0 Å². The number of hydrogen-bond acceptors (Lipinski definition) is 5. The van der Waals surface area contributed by atoms with E-state index in [1.807, 2.05) is 0 Å². The summed E-state index contributed by atoms with van der Waals surface area (Å²) in [6, 6.07) is 0. The predicted molar refractivity (Wildman–Crippen MR) is 55.9 cm³/mol. The molecular formula is C9H11NO4S. The van der Waals surface area contributed by atoms with Gasteiger partial charge >= 0.3 is 10.1 Å². The van der Waals surface area contributed by atoms with Crippen molar-refractivity contribution >= 4 is 21.6 Å². The van der Waals surface area contributed by atoms with Gasteiger partial charge in [0, 0.05) is 0 Å². The number of nitrogens with zero attached hydrogens (tertiary/aromatic N) is 1. The van der Waals surface area contributed by atoms with Crippen molar-refractivity contribution in [2.45, 2.75) is 13.8 Å². The average Bonchev–Trinajstić information content (AvgIpc) is 2.07. The number of hydrogen-bond donors (Lipinski definition) is 0. The van der Waals surface area contributed by atoms with E-state index < -0.39 is 10.1 Å². The van der Waals surface area contributed by atoms with Gasteiger partial charge in [-0.1, -0.05) is 5.16 Å². The van der Waals surface area contributed by atoms with Crippen molar-refractivity contribution in [1.82, 2.24) is 0 Å². The van der Waals surface area contributed by atoms with Crippen LogP contribution in [0.2, 0.25) is 0 Å². The monoisotopic (exact) mass is 229 g/mol. The van der Waals surface area contributed by atoms with E-state index in [2.05, 4.69) is 9.44 Å². The third kappa shape index (κ3) is 3.32. The molecule has 0 fully saturated rings. The molecule has 0 aromatic rings. The number of rotatable bonds is 2. The Bertz CT molecular complexity index is 482. The molecule has 0 N–H and O–H groups in total. The molecule has 1 aliphatic rings. The minimum Gasteiger partial charge on any atom is -0.290 e. The Hall–Kier alpha value is -1.43. The van der Waals surface area contributed by atoms with Crippen molar-refractivity contribution < 1.29 is 17.5 Å². The topological polar surface area (TPSA) is 72.8 Å². The maximum Gasteiger partial charge on any atom is 0.325 e. The molecular weight excluding hydrogens is 218 g/mol. The fraction of sp³-hybridized carbons (Fsp3) is 0.333. The zero-order valence-electron chi connectivity index (χ0n) is 8.64. The standard InChI is InChI=1S/C9H11NO4S/c1-6-5-9(11)7(2)4-8(6)10-14-15(3,12)13/h4-5H,1-3H3/b10-8+. The maximum atomic E-state index is 11.2. The fourth-order valence-electron chi connectivity index (χ4n) is 0.981. The first kappa shape index (κ1) is 11.6. The number of carbonyl (C=O) groups is 1. The van der Waals surface area contributed by atoms with Gasteiger partial charge in [-0.2, -0.15) is 8.42 Å². The van der Waals surface area contributed by atoms with Gasteiger partial charge in [-0.15, -0.1) is 0 Å². The largest absolute Gasteiger partial charge is 0.325 e. The van der Waals surface area contributed by atoms with Gasteiger partial charge in [0.2, 0.25) is 0 Å². The van der Waals surface area contributed by atoms with Gasteiger partial charge in [0.25, 0.3) is 0 Å². The third-order valence-electron chi connectivity index (χ3n) is 1.76. The zero-order chi connectivity index (χ0) is 11.6. The molecule has 0 spiro atoms. The lowest BCUT2D eigenvalue weighted by molar-refractivity contribution is -0.111. The van der Waals surface area contributed by atoms with Crippen molar-refractivity contribution in [1.29, 1.82) is 0 Å². The molecule has 5 nitrogen and oxygen atoms in total. The smallest absolute Gasteiger partial charge is 0.290 e. The summed E-state index contributed by atoms with van der Waals surface area (Å²) in [5, 5.41) is 3.45. The summed E-state index contributed by atoms with van der Waals surface area (Å²) in [4.78, 5) is 11.2. The molecule has 1 rings (SSSR count). The highest BCUT2D eigenvalue weighted by Gasteiger charge is 2.13. The number of carbonyl (C=O) groups excluding carboxylic acids is 1. The molecule has 0 saturated carbocycles. The molecule has 0 aromatic heterocycles. The molecule has 0 radical (unpaired) electrons. The third-order valence-corrected chi connectivity index (χ3v) is 2.11. The molecule has 0 heterocycles. The van der Waals surface area contributed by atoms with Crippen LogP contribution in [0.25, 0.3) is 0 Å². The lowest BCUT2D eigenvalue weighted by atomic mass is 9.99. The summed E-state index contributed by atoms with van der Waals surface area (Å²) in [7, 11) is -3.61. The van der Waals surface area contributed by atoms with Crippen LogP contribution < -0.4 is 0 Å². The van der Waals surface area contributed by atoms with Crippen LogP contribution in [-0.4, -0.2) is 26.2 Å². The minimum atomic E-state index is -3.61. The molecule has 0 atom stereocenters. The Labute approximate surface area is 88.2 Å². The number of ketones is 1. The van der Waals surface area contributed by atoms with E-state index >= 15 is 0 Å². The van der Waals surface area contributed by atoms with Crippen molar-refractivity contribution in [3.63, 3.8) is 0 Å². The van der Waals surface area contributed by atoms with Crippen molar-refractivity contribution in [2.24, 2.45) is 5.16 Å². The molecule has 0 saturated heterocycles. The van der Waals surface area contributed by atoms with Crippen LogP contribution in [-0.2, 0) is 19.2 Å². The van der Waals surface area contributed by atoms with Gasteiger partial charge in [0.05, 0.1) is 6.26 Å². The van der Waals surface area contributed by atoms with Crippen LogP contribution >= 0.6 is 0 Å². The summed E-state index contributed by atoms with van der Waals surface area (Å²) < 4.78 is 25.7. The summed E-state index contributed by atoms with van der Waals surface area (Å²) in [6.07, 6.45) is 3.78. The van der Waals surface area contributed by atoms with Crippen LogP contribution in [0.3, 0.4) is 0 Å². The van der Waals surface area contributed by atoms with E-state index in [9.17, 15) is 13.2 Å². The van der Waals surface area contributed by atoms with E-state index in [0.717, 1.165) is 6.26 Å². The Balaban J connectivity index is 2.98. The normalized spacial score (nSPS) is 19.9. The molecule has 0 amide bonds. The molecule has 0 unspecified atom stereocenters. The Morgan fingerprint density at radius 2 is 1.80 bits per heavy atom. The Morgan fingerprint density at radius 3 is 2.33 bits per heavy atom. The summed E-state index contributed by atoms with van der Waals surface area (Å²) in [5.41, 5.74) is 1.42. The summed E-state index contributed by atoms with van der Waals surface area (Å²) in [6.45, 7) is 3.28. The predicted octanol–water partition coefficient (Wildman–Crippen LogP) is 0.794. The van der Waals surface area contributed by atoms with E-state index in [4.69, 9.17) is 0 Å². The van der Waals surface area contributed by atoms with Gasteiger partial charge < -0.3 is 0 Å². The number of oxime groups is 1. The van der Waals surface area contributed by atoms with E-state index in [-0.39, 0.29) is 5.78 Å². The Kier molecular flexibility index (Phi) is 3.09. The van der Waals surface area contributed by atoms with E-state index in [0.29, 0.717) is 16.9 Å². The lowest BCUT2D eigenvalue weighted by Crippen LogP contribution is -2.11. The minimum absolute atomic E-state index is 0.106. The van der Waals surface area contributed by atoms with Gasteiger partial charge in [0.15, 0.2) is 5.78 Å². The second-order valence-corrected chi connectivity index (χ2v) is 4.83. The SMILES string of the molecule is CC1=C/C(=N\OS(C)(=O)=O)C(C)=CC1=O. The van der Waals surface area contributed by atoms with Gasteiger partial charge in [0.1, 0.15) is 5.71 Å². The first-order valence-electron chi connectivity index (χ1n) is 4.17. The Morgan fingerprint density at radius 1 is 1.20 bits per heavy atom. The molecule has 15 heavy (non-hydrogen) atoms. The fourth-order valence-corrected chi connectivity index (χ4v) is 1.20. The van der Waals surface area contributed by atoms with Crippen LogP contribution in [0.4, 0.5) is 0 Å². The summed E-state index contributed by atoms with van der Waals surface area (Å²) >= 11 is 0. The second kappa shape index (κ2) is 3.98. The molecule has 1 aliphatic carbocycles. The average molecular weight is 229 g/mol. The molecule has 6 heteroatoms. The van der Waals surface area contributed by atoms with Crippen molar-refractivity contribution in [3.8, 4) is 0 Å². The highest BCUT2D eigenvalue weighted by molar-refractivity contribution is 7.85. The lowest BCUT2D eigenvalue weighted by Gasteiger charge is -2.08. The van der Waals surface area contributed by atoms with E-state index in [1.54, 1.807) is 13.8 Å². The molecule has 0 bridgehead atoms. The van der Waals surface area contributed by atoms with Crippen LogP contribution in [0.15, 0.2) is 28.5 Å². The second-order valence-electron chi connectivity index (χ2n) is 3.27. The van der Waals surface area contributed by atoms with Gasteiger partial charge in [-0.25, -0.2) is 0 Å². The first-order chi connectivity index (χ1) is 6.79. The quantitative estimate of drug-likeness (QED) is 0.518. The van der Waals surface area contributed by atoms with Crippen molar-refractivity contribution in [3.05, 3.63) is 23.3 Å². The first-order valence-corrected chi connectivity index (χ1v) is 5.99. The summed E-state index contributed by atoms with van der Waals surface area (Å²) in [5.74, 6) is -0.106. The maximum absolute atomic E-state index is 11.2. The zero-order valence-corrected chi connectivity index (χ0v) is 9.46. The molecule has 0 aliphatic heterocycles. The molecule has 82 valence electrons. The van der Waals surface area contributed by atoms with Crippen molar-refractivity contribution in [2.75, 3.05) is 6.26 Å². The highest BCUT2D eigenvalue weighted by Crippen LogP contribution is 2.12. The molecule has 0 aromatic carbocycles. The van der Waals surface area contributed by atoms with Crippen LogP contribution in [0.1, 0.15) is 13.8 Å². The highest BCUT2D eigenvalue weighted by atomic mass is 32.2. The number of allylic oxidation sites excluding steroid dienone is 4. The van der Waals surface area contributed by atoms with Crippen LogP contribution in [0.5, 0.6) is 0 Å². The van der Waals surface area contributed by atoms with Gasteiger partial charge in [-0.3, -0.25) is 9.08 Å². The van der Waals surface area contributed by atoms with Gasteiger partial charge in [-0.05, 0) is 37.1 Å².